The highest BCUT2D eigenvalue weighted by Gasteiger charge is 2.45. The van der Waals surface area contributed by atoms with Crippen molar-refractivity contribution in [3.8, 4) is 17.2 Å². The first-order chi connectivity index (χ1) is 15.6. The predicted molar refractivity (Wildman–Crippen MR) is 117 cm³/mol. The number of carbonyl (C=O) groups excluding carboxylic acids is 1. The highest BCUT2D eigenvalue weighted by molar-refractivity contribution is 5.95. The predicted octanol–water partition coefficient (Wildman–Crippen LogP) is 2.72. The van der Waals surface area contributed by atoms with Gasteiger partial charge in [-0.3, -0.25) is 19.3 Å². The molecule has 1 fully saturated rings. The molecule has 8 heteroatoms. The largest absolute Gasteiger partial charge is 0.454 e. The second kappa shape index (κ2) is 6.98. The summed E-state index contributed by atoms with van der Waals surface area (Å²) < 4.78 is 12.3. The van der Waals surface area contributed by atoms with Crippen molar-refractivity contribution >= 4 is 5.91 Å². The molecule has 0 saturated carbocycles. The average Bonchev–Trinajstić information content (AvgIpc) is 3.52. The van der Waals surface area contributed by atoms with E-state index in [1.165, 1.54) is 10.1 Å². The zero-order chi connectivity index (χ0) is 21.9. The normalized spacial score (nSPS) is 21.2. The number of piperidine rings is 1. The van der Waals surface area contributed by atoms with E-state index in [4.69, 9.17) is 9.47 Å². The molecule has 0 bridgehead atoms. The van der Waals surface area contributed by atoms with Gasteiger partial charge in [-0.25, -0.2) is 0 Å². The zero-order valence-electron chi connectivity index (χ0n) is 17.9. The highest BCUT2D eigenvalue weighted by Crippen LogP contribution is 2.44. The smallest absolute Gasteiger partial charge is 0.268 e. The quantitative estimate of drug-likeness (QED) is 0.673. The van der Waals surface area contributed by atoms with E-state index >= 15 is 0 Å². The zero-order valence-corrected chi connectivity index (χ0v) is 17.9. The number of carbonyl (C=O) groups is 1. The molecule has 0 radical (unpaired) electrons. The number of aromatic nitrogens is 3. The van der Waals surface area contributed by atoms with E-state index in [2.05, 4.69) is 10.2 Å². The Hall–Kier alpha value is -3.55. The topological polar surface area (TPSA) is 89.4 Å². The van der Waals surface area contributed by atoms with Crippen molar-refractivity contribution in [2.24, 2.45) is 0 Å². The van der Waals surface area contributed by atoms with E-state index in [1.807, 2.05) is 24.1 Å². The number of nitrogens with zero attached hydrogens (tertiary/aromatic N) is 3. The molecule has 8 nitrogen and oxygen atoms in total. The summed E-state index contributed by atoms with van der Waals surface area (Å²) in [4.78, 5) is 29.0. The van der Waals surface area contributed by atoms with E-state index in [0.29, 0.717) is 35.8 Å². The van der Waals surface area contributed by atoms with Gasteiger partial charge in [0.2, 0.25) is 6.79 Å². The molecule has 3 aliphatic rings. The second-order valence-corrected chi connectivity index (χ2v) is 8.97. The van der Waals surface area contributed by atoms with E-state index in [0.717, 1.165) is 31.4 Å². The van der Waals surface area contributed by atoms with Gasteiger partial charge in [0.1, 0.15) is 5.56 Å². The van der Waals surface area contributed by atoms with Crippen LogP contribution < -0.4 is 15.0 Å². The standard InChI is InChI=1S/C24H24N4O4/c1-15-6-10-28(17-3-4-18-19(11-17)32-14-31-18)23(30)20(15)22(29)27-9-2-7-24(13-27)8-5-16-12-25-26-21(16)24/h3-4,6,10-12H,2,5,7-9,13-14H2,1H3,(H,25,26). The van der Waals surface area contributed by atoms with Crippen molar-refractivity contribution in [2.45, 2.75) is 38.0 Å². The number of pyridine rings is 1. The molecule has 1 aliphatic carbocycles. The molecule has 4 heterocycles. The van der Waals surface area contributed by atoms with Crippen LogP contribution in [0.5, 0.6) is 11.5 Å². The maximum Gasteiger partial charge on any atom is 0.268 e. The Morgan fingerprint density at radius 1 is 1.19 bits per heavy atom. The van der Waals surface area contributed by atoms with Crippen molar-refractivity contribution in [2.75, 3.05) is 19.9 Å². The number of rotatable bonds is 2. The number of hydrogen-bond acceptors (Lipinski definition) is 5. The first kappa shape index (κ1) is 19.2. The molecule has 1 spiro atoms. The molecule has 6 rings (SSSR count). The molecule has 32 heavy (non-hydrogen) atoms. The van der Waals surface area contributed by atoms with Gasteiger partial charge >= 0.3 is 0 Å². The summed E-state index contributed by atoms with van der Waals surface area (Å²) in [7, 11) is 0. The lowest BCUT2D eigenvalue weighted by molar-refractivity contribution is 0.0630. The van der Waals surface area contributed by atoms with Gasteiger partial charge in [0.05, 0.1) is 11.9 Å². The molecule has 1 unspecified atom stereocenters. The summed E-state index contributed by atoms with van der Waals surface area (Å²) in [5, 5.41) is 7.39. The second-order valence-electron chi connectivity index (χ2n) is 8.97. The number of benzene rings is 1. The third-order valence-corrected chi connectivity index (χ3v) is 7.13. The third kappa shape index (κ3) is 2.78. The van der Waals surface area contributed by atoms with Crippen LogP contribution in [0, 0.1) is 6.92 Å². The number of H-pyrrole nitrogens is 1. The Morgan fingerprint density at radius 3 is 2.97 bits per heavy atom. The van der Waals surface area contributed by atoms with E-state index in [9.17, 15) is 9.59 Å². The fraction of sp³-hybridized carbons (Fsp3) is 0.375. The number of aromatic amines is 1. The molecule has 1 N–H and O–H groups in total. The molecule has 2 aromatic heterocycles. The van der Waals surface area contributed by atoms with Gasteiger partial charge in [-0.05, 0) is 61.9 Å². The van der Waals surface area contributed by atoms with Crippen LogP contribution >= 0.6 is 0 Å². The molecule has 1 amide bonds. The van der Waals surface area contributed by atoms with Crippen LogP contribution in [0.25, 0.3) is 5.69 Å². The van der Waals surface area contributed by atoms with Crippen molar-refractivity contribution in [1.82, 2.24) is 19.7 Å². The number of ether oxygens (including phenoxy) is 2. The molecular weight excluding hydrogens is 408 g/mol. The minimum absolute atomic E-state index is 0.0846. The lowest BCUT2D eigenvalue weighted by Gasteiger charge is -2.40. The van der Waals surface area contributed by atoms with Gasteiger partial charge in [0.25, 0.3) is 11.5 Å². The number of hydrogen-bond donors (Lipinski definition) is 1. The number of amides is 1. The number of nitrogens with one attached hydrogen (secondary N) is 1. The Morgan fingerprint density at radius 2 is 2.06 bits per heavy atom. The summed E-state index contributed by atoms with van der Waals surface area (Å²) in [5.41, 5.74) is 3.57. The van der Waals surface area contributed by atoms with E-state index in [-0.39, 0.29) is 29.2 Å². The van der Waals surface area contributed by atoms with Crippen LogP contribution in [0.15, 0.2) is 41.5 Å². The molecule has 2 aliphatic heterocycles. The van der Waals surface area contributed by atoms with E-state index < -0.39 is 0 Å². The van der Waals surface area contributed by atoms with Gasteiger partial charge in [0.15, 0.2) is 11.5 Å². The molecule has 3 aromatic rings. The van der Waals surface area contributed by atoms with Crippen LogP contribution in [-0.4, -0.2) is 45.5 Å². The van der Waals surface area contributed by atoms with Gasteiger partial charge in [-0.1, -0.05) is 0 Å². The first-order valence-corrected chi connectivity index (χ1v) is 11.0. The SMILES string of the molecule is Cc1ccn(-c2ccc3c(c2)OCO3)c(=O)c1C(=O)N1CCCC2(CCc3cn[nH]c32)C1. The molecule has 164 valence electrons. The van der Waals surface area contributed by atoms with Crippen LogP contribution in [0.3, 0.4) is 0 Å². The molecular formula is C24H24N4O4. The van der Waals surface area contributed by atoms with Crippen molar-refractivity contribution in [3.05, 3.63) is 69.4 Å². The fourth-order valence-electron chi connectivity index (χ4n) is 5.46. The average molecular weight is 432 g/mol. The lowest BCUT2D eigenvalue weighted by atomic mass is 9.77. The Bertz CT molecular complexity index is 1290. The summed E-state index contributed by atoms with van der Waals surface area (Å²) in [6, 6.07) is 7.16. The first-order valence-electron chi connectivity index (χ1n) is 11.0. The van der Waals surface area contributed by atoms with Crippen LogP contribution in [-0.2, 0) is 11.8 Å². The van der Waals surface area contributed by atoms with Gasteiger partial charge in [0, 0.05) is 36.5 Å². The summed E-state index contributed by atoms with van der Waals surface area (Å²) in [5.74, 6) is 1.05. The molecule has 1 atom stereocenters. The van der Waals surface area contributed by atoms with Gasteiger partial charge < -0.3 is 14.4 Å². The molecule has 1 aromatic carbocycles. The van der Waals surface area contributed by atoms with Crippen molar-refractivity contribution < 1.29 is 14.3 Å². The summed E-state index contributed by atoms with van der Waals surface area (Å²) in [6.45, 7) is 3.25. The third-order valence-electron chi connectivity index (χ3n) is 7.13. The van der Waals surface area contributed by atoms with Crippen LogP contribution in [0.4, 0.5) is 0 Å². The lowest BCUT2D eigenvalue weighted by Crippen LogP contribution is -2.49. The Balaban J connectivity index is 1.35. The minimum atomic E-state index is -0.317. The Labute approximate surface area is 184 Å². The van der Waals surface area contributed by atoms with E-state index in [1.54, 1.807) is 24.4 Å². The summed E-state index contributed by atoms with van der Waals surface area (Å²) >= 11 is 0. The molecule has 1 saturated heterocycles. The maximum atomic E-state index is 13.6. The van der Waals surface area contributed by atoms with Crippen molar-refractivity contribution in [1.29, 1.82) is 0 Å². The summed E-state index contributed by atoms with van der Waals surface area (Å²) in [6.07, 6.45) is 7.53. The van der Waals surface area contributed by atoms with Crippen LogP contribution in [0.1, 0.15) is 46.4 Å². The van der Waals surface area contributed by atoms with Crippen molar-refractivity contribution in [3.63, 3.8) is 0 Å². The number of likely N-dealkylation sites (tertiary alicyclic amines) is 1. The number of aryl methyl sites for hydroxylation is 2. The van der Waals surface area contributed by atoms with Gasteiger partial charge in [-0.2, -0.15) is 5.10 Å². The van der Waals surface area contributed by atoms with Crippen LogP contribution in [0.2, 0.25) is 0 Å². The minimum Gasteiger partial charge on any atom is -0.454 e. The fourth-order valence-corrected chi connectivity index (χ4v) is 5.46. The maximum absolute atomic E-state index is 13.6. The Kier molecular flexibility index (Phi) is 4.18. The monoisotopic (exact) mass is 432 g/mol. The number of fused-ring (bicyclic) bond motifs is 3. The van der Waals surface area contributed by atoms with Gasteiger partial charge in [-0.15, -0.1) is 0 Å². The highest BCUT2D eigenvalue weighted by atomic mass is 16.7.